The summed E-state index contributed by atoms with van der Waals surface area (Å²) in [5, 5.41) is 0. The molecule has 0 heteroatoms. The van der Waals surface area contributed by atoms with Crippen molar-refractivity contribution < 1.29 is 0 Å². The van der Waals surface area contributed by atoms with Gasteiger partial charge in [0.1, 0.15) is 0 Å². The molecule has 0 aromatic heterocycles. The maximum Gasteiger partial charge on any atom is 0.0266 e. The van der Waals surface area contributed by atoms with E-state index >= 15 is 0 Å². The van der Waals surface area contributed by atoms with E-state index in [1.165, 1.54) is 33.4 Å². The number of hydrogen-bond acceptors (Lipinski definition) is 0. The standard InChI is InChI=1S/C30H26/c1-3-29(25-11-7-5-8-12-25)27-19-15-23(16-20-27)24-17-21-28(22-18-24)30(4-2)26-13-9-6-10-14-26/h3-22,29-30H,1-2H2. The maximum absolute atomic E-state index is 4.05. The van der Waals surface area contributed by atoms with Gasteiger partial charge in [-0.1, -0.05) is 121 Å². The molecule has 0 heterocycles. The van der Waals surface area contributed by atoms with Crippen molar-refractivity contribution in [3.63, 3.8) is 0 Å². The topological polar surface area (TPSA) is 0 Å². The Morgan fingerprint density at radius 2 is 0.700 bits per heavy atom. The van der Waals surface area contributed by atoms with Crippen LogP contribution in [0.4, 0.5) is 0 Å². The van der Waals surface area contributed by atoms with Crippen LogP contribution in [0, 0.1) is 0 Å². The van der Waals surface area contributed by atoms with Crippen molar-refractivity contribution in [2.24, 2.45) is 0 Å². The van der Waals surface area contributed by atoms with Crippen molar-refractivity contribution in [3.8, 4) is 11.1 Å². The molecule has 0 fully saturated rings. The van der Waals surface area contributed by atoms with Gasteiger partial charge in [-0.3, -0.25) is 0 Å². The monoisotopic (exact) mass is 386 g/mol. The summed E-state index contributed by atoms with van der Waals surface area (Å²) in [6, 6.07) is 38.7. The van der Waals surface area contributed by atoms with Crippen molar-refractivity contribution in [2.45, 2.75) is 11.8 Å². The summed E-state index contributed by atoms with van der Waals surface area (Å²) in [5.41, 5.74) is 7.48. The van der Waals surface area contributed by atoms with Crippen molar-refractivity contribution in [3.05, 3.63) is 157 Å². The van der Waals surface area contributed by atoms with Gasteiger partial charge in [-0.05, 0) is 33.4 Å². The molecule has 0 aliphatic rings. The summed E-state index contributed by atoms with van der Waals surface area (Å²) >= 11 is 0. The summed E-state index contributed by atoms with van der Waals surface area (Å²) in [6.07, 6.45) is 4.02. The maximum atomic E-state index is 4.05. The van der Waals surface area contributed by atoms with Crippen LogP contribution >= 0.6 is 0 Å². The van der Waals surface area contributed by atoms with Crippen molar-refractivity contribution >= 4 is 0 Å². The Bertz CT molecular complexity index is 995. The quantitative estimate of drug-likeness (QED) is 0.282. The van der Waals surface area contributed by atoms with Gasteiger partial charge in [-0.2, -0.15) is 0 Å². The summed E-state index contributed by atoms with van der Waals surface area (Å²) in [6.45, 7) is 8.09. The molecule has 4 rings (SSSR count). The third-order valence-corrected chi connectivity index (χ3v) is 5.66. The van der Waals surface area contributed by atoms with Crippen molar-refractivity contribution in [1.29, 1.82) is 0 Å². The van der Waals surface area contributed by atoms with Crippen molar-refractivity contribution in [2.75, 3.05) is 0 Å². The zero-order valence-electron chi connectivity index (χ0n) is 17.1. The minimum Gasteiger partial charge on any atom is -0.102 e. The fraction of sp³-hybridized carbons (Fsp3) is 0.0667. The van der Waals surface area contributed by atoms with E-state index < -0.39 is 0 Å². The first-order valence-corrected chi connectivity index (χ1v) is 10.4. The molecular formula is C30H26. The van der Waals surface area contributed by atoms with Crippen LogP contribution in [0.2, 0.25) is 0 Å². The van der Waals surface area contributed by atoms with Gasteiger partial charge < -0.3 is 0 Å². The first-order valence-electron chi connectivity index (χ1n) is 10.4. The second-order valence-corrected chi connectivity index (χ2v) is 7.49. The molecule has 2 atom stereocenters. The fourth-order valence-corrected chi connectivity index (χ4v) is 4.02. The van der Waals surface area contributed by atoms with Gasteiger partial charge in [-0.25, -0.2) is 0 Å². The minimum absolute atomic E-state index is 0.210. The Hall–Kier alpha value is -3.64. The van der Waals surface area contributed by atoms with Gasteiger partial charge in [0.05, 0.1) is 0 Å². The molecule has 2 unspecified atom stereocenters. The van der Waals surface area contributed by atoms with E-state index in [2.05, 4.69) is 110 Å². The zero-order valence-corrected chi connectivity index (χ0v) is 17.1. The lowest BCUT2D eigenvalue weighted by atomic mass is 9.89. The molecule has 0 saturated carbocycles. The smallest absolute Gasteiger partial charge is 0.0266 e. The van der Waals surface area contributed by atoms with E-state index in [0.717, 1.165) is 0 Å². The Labute approximate surface area is 179 Å². The van der Waals surface area contributed by atoms with Gasteiger partial charge in [0.25, 0.3) is 0 Å². The van der Waals surface area contributed by atoms with Gasteiger partial charge in [0, 0.05) is 11.8 Å². The SMILES string of the molecule is C=CC(c1ccccc1)c1ccc(-c2ccc(C(C=C)c3ccccc3)cc2)cc1. The van der Waals surface area contributed by atoms with Crippen LogP contribution in [0.15, 0.2) is 135 Å². The van der Waals surface area contributed by atoms with E-state index in [1.54, 1.807) is 0 Å². The van der Waals surface area contributed by atoms with Gasteiger partial charge >= 0.3 is 0 Å². The van der Waals surface area contributed by atoms with Crippen molar-refractivity contribution in [1.82, 2.24) is 0 Å². The third kappa shape index (κ3) is 4.18. The van der Waals surface area contributed by atoms with E-state index in [1.807, 2.05) is 24.3 Å². The Morgan fingerprint density at radius 1 is 0.400 bits per heavy atom. The van der Waals surface area contributed by atoms with E-state index in [9.17, 15) is 0 Å². The molecule has 0 saturated heterocycles. The average Bonchev–Trinajstić information content (AvgIpc) is 2.82. The third-order valence-electron chi connectivity index (χ3n) is 5.66. The normalized spacial score (nSPS) is 12.7. The highest BCUT2D eigenvalue weighted by Crippen LogP contribution is 2.30. The molecule has 146 valence electrons. The molecule has 0 radical (unpaired) electrons. The van der Waals surface area contributed by atoms with E-state index in [0.29, 0.717) is 0 Å². The summed E-state index contributed by atoms with van der Waals surface area (Å²) in [4.78, 5) is 0. The lowest BCUT2D eigenvalue weighted by Crippen LogP contribution is -1.98. The molecule has 0 amide bonds. The average molecular weight is 387 g/mol. The zero-order chi connectivity index (χ0) is 20.8. The largest absolute Gasteiger partial charge is 0.102 e. The first-order chi connectivity index (χ1) is 14.8. The van der Waals surface area contributed by atoms with Gasteiger partial charge in [0.2, 0.25) is 0 Å². The Kier molecular flexibility index (Phi) is 6.06. The van der Waals surface area contributed by atoms with Gasteiger partial charge in [-0.15, -0.1) is 13.2 Å². The van der Waals surface area contributed by atoms with Crippen LogP contribution in [0.3, 0.4) is 0 Å². The summed E-state index contributed by atoms with van der Waals surface area (Å²) < 4.78 is 0. The van der Waals surface area contributed by atoms with Crippen LogP contribution in [0.5, 0.6) is 0 Å². The fourth-order valence-electron chi connectivity index (χ4n) is 4.02. The molecular weight excluding hydrogens is 360 g/mol. The molecule has 0 N–H and O–H groups in total. The second kappa shape index (κ2) is 9.24. The van der Waals surface area contributed by atoms with Crippen LogP contribution < -0.4 is 0 Å². The first kappa shape index (κ1) is 19.7. The highest BCUT2D eigenvalue weighted by Gasteiger charge is 2.12. The molecule has 30 heavy (non-hydrogen) atoms. The molecule has 0 aliphatic carbocycles. The number of benzene rings is 4. The number of allylic oxidation sites excluding steroid dienone is 2. The molecule has 0 spiro atoms. The highest BCUT2D eigenvalue weighted by atomic mass is 14.2. The summed E-state index contributed by atoms with van der Waals surface area (Å²) in [7, 11) is 0. The van der Waals surface area contributed by atoms with Crippen LogP contribution in [-0.2, 0) is 0 Å². The van der Waals surface area contributed by atoms with Crippen LogP contribution in [-0.4, -0.2) is 0 Å². The molecule has 4 aromatic carbocycles. The number of rotatable bonds is 7. The molecule has 4 aromatic rings. The van der Waals surface area contributed by atoms with Crippen LogP contribution in [0.25, 0.3) is 11.1 Å². The van der Waals surface area contributed by atoms with Crippen LogP contribution in [0.1, 0.15) is 34.1 Å². The number of hydrogen-bond donors (Lipinski definition) is 0. The van der Waals surface area contributed by atoms with Gasteiger partial charge in [0.15, 0.2) is 0 Å². The van der Waals surface area contributed by atoms with E-state index in [-0.39, 0.29) is 11.8 Å². The molecule has 0 aliphatic heterocycles. The Morgan fingerprint density at radius 3 is 1.00 bits per heavy atom. The van der Waals surface area contributed by atoms with E-state index in [4.69, 9.17) is 0 Å². The lowest BCUT2D eigenvalue weighted by molar-refractivity contribution is 1.03. The highest BCUT2D eigenvalue weighted by molar-refractivity contribution is 5.64. The Balaban J connectivity index is 1.56. The lowest BCUT2D eigenvalue weighted by Gasteiger charge is -2.15. The molecule has 0 bridgehead atoms. The summed E-state index contributed by atoms with van der Waals surface area (Å²) in [5.74, 6) is 0.420. The minimum atomic E-state index is 0.210. The second-order valence-electron chi connectivity index (χ2n) is 7.49. The predicted molar refractivity (Wildman–Crippen MR) is 129 cm³/mol. The molecule has 0 nitrogen and oxygen atoms in total. The predicted octanol–water partition coefficient (Wildman–Crippen LogP) is 7.99.